The van der Waals surface area contributed by atoms with Crippen molar-refractivity contribution in [2.75, 3.05) is 20.3 Å². The lowest BCUT2D eigenvalue weighted by molar-refractivity contribution is 0.343. The maximum absolute atomic E-state index is 5.81. The van der Waals surface area contributed by atoms with Gasteiger partial charge in [-0.2, -0.15) is 0 Å². The number of fused-ring (bicyclic) bond motifs is 2. The van der Waals surface area contributed by atoms with Gasteiger partial charge >= 0.3 is 0 Å². The topological polar surface area (TPSA) is 73.2 Å². The molecule has 2 heterocycles. The Morgan fingerprint density at radius 3 is 2.76 bits per heavy atom. The molecule has 5 heteroatoms. The molecule has 0 unspecified atom stereocenters. The second-order valence-electron chi connectivity index (χ2n) is 7.08. The Morgan fingerprint density at radius 2 is 1.97 bits per heavy atom. The van der Waals surface area contributed by atoms with E-state index < -0.39 is 0 Å². The van der Waals surface area contributed by atoms with Gasteiger partial charge in [0.15, 0.2) is 0 Å². The fourth-order valence-electron chi connectivity index (χ4n) is 3.93. The predicted octanol–water partition coefficient (Wildman–Crippen LogP) is 5.07. The predicted molar refractivity (Wildman–Crippen MR) is 119 cm³/mol. The van der Waals surface area contributed by atoms with Crippen molar-refractivity contribution in [3.63, 3.8) is 0 Å². The van der Waals surface area contributed by atoms with Crippen LogP contribution in [0.3, 0.4) is 0 Å². The van der Waals surface area contributed by atoms with E-state index in [4.69, 9.17) is 15.2 Å². The zero-order chi connectivity index (χ0) is 20.2. The van der Waals surface area contributed by atoms with Gasteiger partial charge in [-0.1, -0.05) is 6.07 Å². The number of nitrogens with one attached hydrogen (secondary N) is 1. The molecule has 4 aromatic rings. The molecule has 0 bridgehead atoms. The smallest absolute Gasteiger partial charge is 0.145 e. The number of nitrogens with two attached hydrogens (primary N) is 1. The Balaban J connectivity index is 1.93. The van der Waals surface area contributed by atoms with Gasteiger partial charge < -0.3 is 20.2 Å². The van der Waals surface area contributed by atoms with Crippen LogP contribution in [0, 0.1) is 0 Å². The van der Waals surface area contributed by atoms with E-state index in [9.17, 15) is 0 Å². The van der Waals surface area contributed by atoms with Gasteiger partial charge in [0.1, 0.15) is 17.0 Å². The number of aromatic amines is 1. The number of hydrogen-bond acceptors (Lipinski definition) is 4. The molecule has 0 saturated carbocycles. The minimum absolute atomic E-state index is 0.613. The first-order valence-corrected chi connectivity index (χ1v) is 10.2. The lowest BCUT2D eigenvalue weighted by Crippen LogP contribution is -1.99. The number of methoxy groups -OCH3 is 1. The van der Waals surface area contributed by atoms with Crippen molar-refractivity contribution >= 4 is 21.8 Å². The molecule has 150 valence electrons. The van der Waals surface area contributed by atoms with Crippen LogP contribution < -0.4 is 15.2 Å². The molecule has 0 aliphatic rings. The Labute approximate surface area is 170 Å². The van der Waals surface area contributed by atoms with Crippen LogP contribution in [-0.4, -0.2) is 30.2 Å². The Bertz CT molecular complexity index is 1130. The number of rotatable bonds is 8. The van der Waals surface area contributed by atoms with Crippen LogP contribution in [0.15, 0.2) is 48.7 Å². The summed E-state index contributed by atoms with van der Waals surface area (Å²) >= 11 is 0. The van der Waals surface area contributed by atoms with Gasteiger partial charge in [0.05, 0.1) is 19.4 Å². The fraction of sp³-hybridized carbons (Fsp3) is 0.292. The third kappa shape index (κ3) is 3.66. The summed E-state index contributed by atoms with van der Waals surface area (Å²) in [6, 6.07) is 14.4. The second kappa shape index (κ2) is 8.53. The van der Waals surface area contributed by atoms with Crippen LogP contribution in [0.1, 0.15) is 25.3 Å². The standard InChI is InChI=1S/C24H27N3O2/c1-3-29-22-12-10-19(17-8-6-14-26-24(17)22)23-18(7-4-5-13-25)20-15-16(28-2)9-11-21(20)27-23/h6,8-12,14-15,27H,3-5,7,13,25H2,1-2H3. The maximum atomic E-state index is 5.81. The highest BCUT2D eigenvalue weighted by Gasteiger charge is 2.17. The number of aromatic nitrogens is 2. The van der Waals surface area contributed by atoms with E-state index in [1.54, 1.807) is 7.11 Å². The van der Waals surface area contributed by atoms with Crippen LogP contribution in [0.5, 0.6) is 11.5 Å². The van der Waals surface area contributed by atoms with Crippen LogP contribution in [0.2, 0.25) is 0 Å². The highest BCUT2D eigenvalue weighted by Crippen LogP contribution is 2.38. The zero-order valence-corrected chi connectivity index (χ0v) is 17.0. The number of unbranched alkanes of at least 4 members (excludes halogenated alkanes) is 1. The number of aryl methyl sites for hydroxylation is 1. The van der Waals surface area contributed by atoms with Gasteiger partial charge in [-0.15, -0.1) is 0 Å². The van der Waals surface area contributed by atoms with Crippen molar-refractivity contribution in [1.82, 2.24) is 9.97 Å². The van der Waals surface area contributed by atoms with Gasteiger partial charge in [-0.3, -0.25) is 4.98 Å². The maximum Gasteiger partial charge on any atom is 0.145 e. The SMILES string of the molecule is CCOc1ccc(-c2[nH]c3ccc(OC)cc3c2CCCCN)c2cccnc12. The molecular weight excluding hydrogens is 362 g/mol. The zero-order valence-electron chi connectivity index (χ0n) is 17.0. The molecule has 0 amide bonds. The summed E-state index contributed by atoms with van der Waals surface area (Å²) in [6.07, 6.45) is 4.81. The van der Waals surface area contributed by atoms with E-state index in [2.05, 4.69) is 34.2 Å². The fourth-order valence-corrected chi connectivity index (χ4v) is 3.93. The lowest BCUT2D eigenvalue weighted by Gasteiger charge is -2.12. The molecular formula is C24H27N3O2. The van der Waals surface area contributed by atoms with Crippen LogP contribution in [0.25, 0.3) is 33.1 Å². The first kappa shape index (κ1) is 19.3. The molecule has 0 radical (unpaired) electrons. The molecule has 3 N–H and O–H groups in total. The molecule has 2 aromatic carbocycles. The molecule has 0 spiro atoms. The van der Waals surface area contributed by atoms with Crippen molar-refractivity contribution < 1.29 is 9.47 Å². The average Bonchev–Trinajstić information content (AvgIpc) is 3.12. The Morgan fingerprint density at radius 1 is 1.07 bits per heavy atom. The quantitative estimate of drug-likeness (QED) is 0.413. The van der Waals surface area contributed by atoms with Gasteiger partial charge in [0, 0.05) is 28.0 Å². The molecule has 0 aliphatic heterocycles. The van der Waals surface area contributed by atoms with Crippen molar-refractivity contribution in [2.24, 2.45) is 5.73 Å². The average molecular weight is 389 g/mol. The van der Waals surface area contributed by atoms with Gasteiger partial charge in [-0.05, 0) is 74.7 Å². The molecule has 0 fully saturated rings. The van der Waals surface area contributed by atoms with Gasteiger partial charge in [0.25, 0.3) is 0 Å². The highest BCUT2D eigenvalue weighted by atomic mass is 16.5. The lowest BCUT2D eigenvalue weighted by atomic mass is 9.97. The largest absolute Gasteiger partial charge is 0.497 e. The third-order valence-corrected chi connectivity index (χ3v) is 5.30. The highest BCUT2D eigenvalue weighted by molar-refractivity contribution is 6.01. The molecule has 29 heavy (non-hydrogen) atoms. The number of H-pyrrole nitrogens is 1. The Kier molecular flexibility index (Phi) is 5.67. The molecule has 0 aliphatic carbocycles. The van der Waals surface area contributed by atoms with Crippen molar-refractivity contribution in [2.45, 2.75) is 26.2 Å². The molecule has 0 saturated heterocycles. The van der Waals surface area contributed by atoms with Crippen LogP contribution in [0.4, 0.5) is 0 Å². The summed E-state index contributed by atoms with van der Waals surface area (Å²) in [5.41, 5.74) is 11.3. The van der Waals surface area contributed by atoms with E-state index in [0.717, 1.165) is 58.4 Å². The number of ether oxygens (including phenoxy) is 2. The second-order valence-corrected chi connectivity index (χ2v) is 7.08. The summed E-state index contributed by atoms with van der Waals surface area (Å²) in [6.45, 7) is 3.31. The Hall–Kier alpha value is -3.05. The summed E-state index contributed by atoms with van der Waals surface area (Å²) in [5.74, 6) is 1.68. The van der Waals surface area contributed by atoms with Crippen molar-refractivity contribution in [1.29, 1.82) is 0 Å². The number of hydrogen-bond donors (Lipinski definition) is 2. The summed E-state index contributed by atoms with van der Waals surface area (Å²) in [5, 5.41) is 2.28. The van der Waals surface area contributed by atoms with Gasteiger partial charge in [-0.25, -0.2) is 0 Å². The molecule has 0 atom stereocenters. The monoisotopic (exact) mass is 389 g/mol. The number of pyridine rings is 1. The normalized spacial score (nSPS) is 11.3. The van der Waals surface area contributed by atoms with Crippen LogP contribution in [-0.2, 0) is 6.42 Å². The van der Waals surface area contributed by atoms with Gasteiger partial charge in [0.2, 0.25) is 0 Å². The van der Waals surface area contributed by atoms with Crippen LogP contribution >= 0.6 is 0 Å². The summed E-state index contributed by atoms with van der Waals surface area (Å²) < 4.78 is 11.3. The van der Waals surface area contributed by atoms with E-state index in [-0.39, 0.29) is 0 Å². The molecule has 2 aromatic heterocycles. The summed E-state index contributed by atoms with van der Waals surface area (Å²) in [4.78, 5) is 8.24. The van der Waals surface area contributed by atoms with E-state index in [1.807, 2.05) is 31.3 Å². The number of benzene rings is 2. The minimum Gasteiger partial charge on any atom is -0.497 e. The first-order valence-electron chi connectivity index (χ1n) is 10.2. The number of nitrogens with zero attached hydrogens (tertiary/aromatic N) is 1. The molecule has 4 rings (SSSR count). The minimum atomic E-state index is 0.613. The van der Waals surface area contributed by atoms with E-state index in [1.165, 1.54) is 10.9 Å². The van der Waals surface area contributed by atoms with Crippen molar-refractivity contribution in [3.8, 4) is 22.8 Å². The van der Waals surface area contributed by atoms with E-state index in [0.29, 0.717) is 13.2 Å². The van der Waals surface area contributed by atoms with E-state index >= 15 is 0 Å². The third-order valence-electron chi connectivity index (χ3n) is 5.30. The van der Waals surface area contributed by atoms with Crippen molar-refractivity contribution in [3.05, 3.63) is 54.2 Å². The summed E-state index contributed by atoms with van der Waals surface area (Å²) in [7, 11) is 1.70. The first-order chi connectivity index (χ1) is 14.3. The molecule has 5 nitrogen and oxygen atoms in total.